The highest BCUT2D eigenvalue weighted by molar-refractivity contribution is 6.05. The van der Waals surface area contributed by atoms with Crippen LogP contribution >= 0.6 is 0 Å². The number of aromatic hydroxyl groups is 1. The van der Waals surface area contributed by atoms with Crippen molar-refractivity contribution in [3.63, 3.8) is 0 Å². The summed E-state index contributed by atoms with van der Waals surface area (Å²) in [7, 11) is 4.24. The van der Waals surface area contributed by atoms with E-state index in [0.29, 0.717) is 5.56 Å². The number of anilines is 2. The lowest BCUT2D eigenvalue weighted by Crippen LogP contribution is -2.31. The molecule has 3 N–H and O–H groups in total. The minimum Gasteiger partial charge on any atom is -0.502 e. The van der Waals surface area contributed by atoms with Crippen LogP contribution in [0.15, 0.2) is 59.7 Å². The number of phenolic OH excluding ortho intramolecular Hbond substituents is 1. The first-order valence-corrected chi connectivity index (χ1v) is 12.9. The third-order valence-electron chi connectivity index (χ3n) is 6.03. The van der Waals surface area contributed by atoms with Gasteiger partial charge in [-0.15, -0.1) is 0 Å². The maximum absolute atomic E-state index is 12.8. The van der Waals surface area contributed by atoms with Crippen LogP contribution in [0.2, 0.25) is 0 Å². The number of benzene rings is 2. The molecule has 0 spiro atoms. The van der Waals surface area contributed by atoms with Crippen molar-refractivity contribution in [2.24, 2.45) is 0 Å². The standard InChI is InChI=1S/C31H38N2O8/c1-20(2)8-7-9-21(3)14-15-41-19-29(35)33(4)25-18-23(11-12-24(25)31(37)38)32-28(34)13-10-22-16-26(39-5)30(36)27(17-22)40-6/h8,10-14,16-18,36H,7,9,15,19H2,1-6H3,(H,32,34)(H,37,38)/b13-10?,21-14+. The molecule has 2 rings (SSSR count). The second-order valence-corrected chi connectivity index (χ2v) is 9.47. The Kier molecular flexibility index (Phi) is 12.6. The molecule has 0 bridgehead atoms. The normalized spacial score (nSPS) is 11.2. The van der Waals surface area contributed by atoms with Gasteiger partial charge in [0, 0.05) is 18.8 Å². The van der Waals surface area contributed by atoms with Crippen molar-refractivity contribution in [1.29, 1.82) is 0 Å². The molecule has 0 atom stereocenters. The zero-order valence-electron chi connectivity index (χ0n) is 24.3. The van der Waals surface area contributed by atoms with Crippen LogP contribution in [0.1, 0.15) is 49.5 Å². The zero-order valence-corrected chi connectivity index (χ0v) is 24.3. The number of rotatable bonds is 14. The van der Waals surface area contributed by atoms with Crippen LogP contribution in [-0.4, -0.2) is 62.5 Å². The van der Waals surface area contributed by atoms with Gasteiger partial charge in [0.15, 0.2) is 11.5 Å². The molecule has 0 aliphatic carbocycles. The Bertz CT molecular complexity index is 1310. The number of likely N-dealkylation sites (N-methyl/N-ethyl adjacent to an activating group) is 1. The molecular weight excluding hydrogens is 528 g/mol. The van der Waals surface area contributed by atoms with E-state index >= 15 is 0 Å². The number of nitrogens with one attached hydrogen (secondary N) is 1. The second-order valence-electron chi connectivity index (χ2n) is 9.47. The number of amides is 2. The Morgan fingerprint density at radius 2 is 1.66 bits per heavy atom. The highest BCUT2D eigenvalue weighted by atomic mass is 16.5. The van der Waals surface area contributed by atoms with Crippen molar-refractivity contribution < 1.29 is 38.8 Å². The van der Waals surface area contributed by atoms with E-state index in [9.17, 15) is 24.6 Å². The number of hydrogen-bond acceptors (Lipinski definition) is 7. The van der Waals surface area contributed by atoms with Gasteiger partial charge in [0.25, 0.3) is 5.91 Å². The fourth-order valence-corrected chi connectivity index (χ4v) is 3.70. The van der Waals surface area contributed by atoms with Crippen molar-refractivity contribution in [3.8, 4) is 17.2 Å². The summed E-state index contributed by atoms with van der Waals surface area (Å²) < 4.78 is 15.7. The smallest absolute Gasteiger partial charge is 0.337 e. The Balaban J connectivity index is 2.09. The van der Waals surface area contributed by atoms with Gasteiger partial charge < -0.3 is 34.6 Å². The Morgan fingerprint density at radius 3 is 2.24 bits per heavy atom. The second kappa shape index (κ2) is 15.9. The molecule has 10 nitrogen and oxygen atoms in total. The number of carbonyl (C=O) groups excluding carboxylic acids is 2. The van der Waals surface area contributed by atoms with Crippen LogP contribution in [0.5, 0.6) is 17.2 Å². The minimum atomic E-state index is -1.22. The zero-order chi connectivity index (χ0) is 30.5. The first kappa shape index (κ1) is 32.6. The first-order valence-electron chi connectivity index (χ1n) is 12.9. The van der Waals surface area contributed by atoms with Gasteiger partial charge in [-0.05, 0) is 75.6 Å². The number of carboxylic acids is 1. The third-order valence-corrected chi connectivity index (χ3v) is 6.03. The summed E-state index contributed by atoms with van der Waals surface area (Å²) in [6.07, 6.45) is 8.67. The van der Waals surface area contributed by atoms with Crippen LogP contribution in [0.4, 0.5) is 11.4 Å². The minimum absolute atomic E-state index is 0.104. The summed E-state index contributed by atoms with van der Waals surface area (Å²) in [5.74, 6) is -1.96. The van der Waals surface area contributed by atoms with E-state index in [1.807, 2.05) is 13.0 Å². The van der Waals surface area contributed by atoms with Gasteiger partial charge >= 0.3 is 5.97 Å². The molecule has 0 heterocycles. The topological polar surface area (TPSA) is 135 Å². The molecule has 2 aromatic carbocycles. The Labute approximate surface area is 240 Å². The number of carbonyl (C=O) groups is 3. The van der Waals surface area contributed by atoms with E-state index in [-0.39, 0.29) is 47.4 Å². The predicted octanol–water partition coefficient (Wildman–Crippen LogP) is 5.43. The summed E-state index contributed by atoms with van der Waals surface area (Å²) in [6, 6.07) is 7.23. The van der Waals surface area contributed by atoms with Gasteiger partial charge in [-0.2, -0.15) is 0 Å². The molecule has 0 aliphatic rings. The summed E-state index contributed by atoms with van der Waals surface area (Å²) in [5, 5.41) is 22.4. The number of hydrogen-bond donors (Lipinski definition) is 3. The van der Waals surface area contributed by atoms with Crippen molar-refractivity contribution in [2.75, 3.05) is 44.7 Å². The molecule has 2 aromatic rings. The third kappa shape index (κ3) is 10.2. The molecule has 10 heteroatoms. The fraction of sp³-hybridized carbons (Fsp3) is 0.323. The van der Waals surface area contributed by atoms with Gasteiger partial charge in [-0.1, -0.05) is 23.3 Å². The van der Waals surface area contributed by atoms with Crippen LogP contribution in [0.25, 0.3) is 6.08 Å². The van der Waals surface area contributed by atoms with E-state index in [2.05, 4.69) is 25.2 Å². The summed E-state index contributed by atoms with van der Waals surface area (Å²) >= 11 is 0. The van der Waals surface area contributed by atoms with E-state index in [1.165, 1.54) is 74.2 Å². The van der Waals surface area contributed by atoms with E-state index in [4.69, 9.17) is 14.2 Å². The lowest BCUT2D eigenvalue weighted by Gasteiger charge is -2.20. The Hall–Kier alpha value is -4.57. The lowest BCUT2D eigenvalue weighted by molar-refractivity contribution is -0.122. The van der Waals surface area contributed by atoms with Crippen molar-refractivity contribution in [3.05, 3.63) is 70.8 Å². The lowest BCUT2D eigenvalue weighted by atomic mass is 10.1. The molecule has 41 heavy (non-hydrogen) atoms. The average molecular weight is 567 g/mol. The SMILES string of the molecule is COc1cc(C=CC(=O)Nc2ccc(C(=O)O)c(N(C)C(=O)COC/C=C(\C)CCC=C(C)C)c2)cc(OC)c1O. The molecule has 0 radical (unpaired) electrons. The van der Waals surface area contributed by atoms with Gasteiger partial charge in [-0.3, -0.25) is 9.59 Å². The number of methoxy groups -OCH3 is 2. The van der Waals surface area contributed by atoms with Gasteiger partial charge in [0.05, 0.1) is 32.1 Å². The van der Waals surface area contributed by atoms with Crippen molar-refractivity contribution in [1.82, 2.24) is 0 Å². The highest BCUT2D eigenvalue weighted by Gasteiger charge is 2.19. The van der Waals surface area contributed by atoms with Crippen molar-refractivity contribution in [2.45, 2.75) is 33.6 Å². The van der Waals surface area contributed by atoms with E-state index in [0.717, 1.165) is 18.4 Å². The van der Waals surface area contributed by atoms with Crippen LogP contribution in [0, 0.1) is 0 Å². The van der Waals surface area contributed by atoms with Crippen molar-refractivity contribution >= 4 is 35.2 Å². The molecular formula is C31H38N2O8. The predicted molar refractivity (Wildman–Crippen MR) is 159 cm³/mol. The highest BCUT2D eigenvalue weighted by Crippen LogP contribution is 2.37. The summed E-state index contributed by atoms with van der Waals surface area (Å²) in [5.41, 5.74) is 3.24. The Morgan fingerprint density at radius 1 is 1.00 bits per heavy atom. The van der Waals surface area contributed by atoms with Crippen LogP contribution in [-0.2, 0) is 14.3 Å². The number of phenols is 1. The number of aromatic carboxylic acids is 1. The maximum Gasteiger partial charge on any atom is 0.337 e. The average Bonchev–Trinajstić information content (AvgIpc) is 2.93. The number of nitrogens with zero attached hydrogens (tertiary/aromatic N) is 1. The molecule has 0 saturated carbocycles. The van der Waals surface area contributed by atoms with Crippen LogP contribution < -0.4 is 19.7 Å². The monoisotopic (exact) mass is 566 g/mol. The molecule has 220 valence electrons. The number of ether oxygens (including phenoxy) is 3. The quantitative estimate of drug-likeness (QED) is 0.157. The number of allylic oxidation sites excluding steroid dienone is 3. The van der Waals surface area contributed by atoms with E-state index in [1.54, 1.807) is 0 Å². The molecule has 0 fully saturated rings. The molecule has 0 unspecified atom stereocenters. The molecule has 0 aliphatic heterocycles. The van der Waals surface area contributed by atoms with Gasteiger partial charge in [0.2, 0.25) is 11.7 Å². The molecule has 2 amide bonds. The van der Waals surface area contributed by atoms with E-state index < -0.39 is 17.8 Å². The van der Waals surface area contributed by atoms with Gasteiger partial charge in [-0.25, -0.2) is 4.79 Å². The molecule has 0 aromatic heterocycles. The molecule has 0 saturated heterocycles. The summed E-state index contributed by atoms with van der Waals surface area (Å²) in [4.78, 5) is 38.4. The first-order chi connectivity index (χ1) is 19.5. The number of carboxylic acid groups (broad SMARTS) is 1. The van der Waals surface area contributed by atoms with Gasteiger partial charge in [0.1, 0.15) is 6.61 Å². The summed E-state index contributed by atoms with van der Waals surface area (Å²) in [6.45, 7) is 6.12. The van der Waals surface area contributed by atoms with Crippen LogP contribution in [0.3, 0.4) is 0 Å². The largest absolute Gasteiger partial charge is 0.502 e. The fourth-order valence-electron chi connectivity index (χ4n) is 3.70. The maximum atomic E-state index is 12.8.